The molecule has 2 N–H and O–H groups in total. The van der Waals surface area contributed by atoms with Crippen LogP contribution in [0.25, 0.3) is 0 Å². The average molecular weight is 423 g/mol. The van der Waals surface area contributed by atoms with Gasteiger partial charge in [-0.3, -0.25) is 0 Å². The zero-order chi connectivity index (χ0) is 21.7. The van der Waals surface area contributed by atoms with Crippen molar-refractivity contribution in [3.05, 3.63) is 71.8 Å². The molecule has 1 heterocycles. The lowest BCUT2D eigenvalue weighted by atomic mass is 10.2. The van der Waals surface area contributed by atoms with E-state index in [-0.39, 0.29) is 0 Å². The molecule has 0 aromatic heterocycles. The third-order valence-electron chi connectivity index (χ3n) is 5.09. The Labute approximate surface area is 186 Å². The van der Waals surface area contributed by atoms with E-state index < -0.39 is 0 Å². The Bertz CT molecular complexity index is 841. The quantitative estimate of drug-likeness (QED) is 0.250. The maximum absolute atomic E-state index is 5.44. The fourth-order valence-corrected chi connectivity index (χ4v) is 3.34. The molecule has 0 amide bonds. The van der Waals surface area contributed by atoms with E-state index in [1.54, 1.807) is 7.11 Å². The van der Waals surface area contributed by atoms with E-state index in [2.05, 4.69) is 64.1 Å². The van der Waals surface area contributed by atoms with Crippen molar-refractivity contribution < 1.29 is 9.47 Å². The molecule has 6 nitrogen and oxygen atoms in total. The van der Waals surface area contributed by atoms with E-state index in [1.807, 2.05) is 19.1 Å². The zero-order valence-electron chi connectivity index (χ0n) is 18.6. The summed E-state index contributed by atoms with van der Waals surface area (Å²) in [6.07, 6.45) is 5.35. The molecule has 6 heteroatoms. The van der Waals surface area contributed by atoms with Gasteiger partial charge in [0.25, 0.3) is 0 Å². The van der Waals surface area contributed by atoms with Crippen molar-refractivity contribution in [3.8, 4) is 5.75 Å². The maximum atomic E-state index is 5.44. The molecule has 0 radical (unpaired) electrons. The predicted octanol–water partition coefficient (Wildman–Crippen LogP) is 3.73. The van der Waals surface area contributed by atoms with Gasteiger partial charge in [0.1, 0.15) is 5.75 Å². The zero-order valence-corrected chi connectivity index (χ0v) is 18.6. The van der Waals surface area contributed by atoms with E-state index in [9.17, 15) is 0 Å². The SMILES string of the molecule is CCOCCCNC(=NCc1cccc(N2CC=CC2)c1)NCc1ccc(OC)cc1. The first-order valence-corrected chi connectivity index (χ1v) is 11.0. The van der Waals surface area contributed by atoms with Crippen molar-refractivity contribution in [1.29, 1.82) is 0 Å². The number of guanidine groups is 1. The number of nitrogens with one attached hydrogen (secondary N) is 2. The van der Waals surface area contributed by atoms with Crippen LogP contribution in [-0.4, -0.2) is 45.9 Å². The number of methoxy groups -OCH3 is 1. The van der Waals surface area contributed by atoms with E-state index >= 15 is 0 Å². The molecule has 0 atom stereocenters. The van der Waals surface area contributed by atoms with Crippen LogP contribution < -0.4 is 20.3 Å². The van der Waals surface area contributed by atoms with Crippen LogP contribution in [0.2, 0.25) is 0 Å². The van der Waals surface area contributed by atoms with E-state index in [0.717, 1.165) is 51.0 Å². The number of ether oxygens (including phenoxy) is 2. The van der Waals surface area contributed by atoms with E-state index in [0.29, 0.717) is 13.1 Å². The summed E-state index contributed by atoms with van der Waals surface area (Å²) in [6.45, 7) is 7.60. The molecule has 0 unspecified atom stereocenters. The van der Waals surface area contributed by atoms with Gasteiger partial charge in [0.05, 0.1) is 13.7 Å². The first-order chi connectivity index (χ1) is 15.3. The Morgan fingerprint density at radius 3 is 2.58 bits per heavy atom. The number of nitrogens with zero attached hydrogens (tertiary/aromatic N) is 2. The molecule has 0 spiro atoms. The lowest BCUT2D eigenvalue weighted by Crippen LogP contribution is -2.37. The van der Waals surface area contributed by atoms with Crippen molar-refractivity contribution in [2.24, 2.45) is 4.99 Å². The second-order valence-electron chi connectivity index (χ2n) is 7.39. The van der Waals surface area contributed by atoms with Crippen LogP contribution in [0.4, 0.5) is 5.69 Å². The smallest absolute Gasteiger partial charge is 0.191 e. The molecule has 0 saturated heterocycles. The molecule has 2 aromatic carbocycles. The summed E-state index contributed by atoms with van der Waals surface area (Å²) in [4.78, 5) is 7.17. The van der Waals surface area contributed by atoms with Crippen LogP contribution in [-0.2, 0) is 17.8 Å². The van der Waals surface area contributed by atoms with Crippen LogP contribution in [0.5, 0.6) is 5.75 Å². The fraction of sp³-hybridized carbons (Fsp3) is 0.400. The number of benzene rings is 2. The summed E-state index contributed by atoms with van der Waals surface area (Å²) < 4.78 is 10.7. The number of hydrogen-bond acceptors (Lipinski definition) is 4. The maximum Gasteiger partial charge on any atom is 0.191 e. The molecule has 1 aliphatic heterocycles. The highest BCUT2D eigenvalue weighted by atomic mass is 16.5. The predicted molar refractivity (Wildman–Crippen MR) is 128 cm³/mol. The number of anilines is 1. The van der Waals surface area contributed by atoms with Gasteiger partial charge in [0.2, 0.25) is 0 Å². The van der Waals surface area contributed by atoms with E-state index in [1.165, 1.54) is 16.8 Å². The van der Waals surface area contributed by atoms with E-state index in [4.69, 9.17) is 14.5 Å². The second-order valence-corrected chi connectivity index (χ2v) is 7.39. The summed E-state index contributed by atoms with van der Waals surface area (Å²) in [5.41, 5.74) is 3.62. The van der Waals surface area contributed by atoms with Gasteiger partial charge in [0, 0.05) is 45.1 Å². The Balaban J connectivity index is 1.60. The van der Waals surface area contributed by atoms with Crippen LogP contribution >= 0.6 is 0 Å². The molecule has 2 aromatic rings. The third kappa shape index (κ3) is 7.64. The molecule has 166 valence electrons. The molecule has 0 aliphatic carbocycles. The van der Waals surface area contributed by atoms with Gasteiger partial charge in [0.15, 0.2) is 5.96 Å². The van der Waals surface area contributed by atoms with Crippen molar-refractivity contribution in [1.82, 2.24) is 10.6 Å². The molecule has 0 fully saturated rings. The van der Waals surface area contributed by atoms with Crippen LogP contribution in [0.15, 0.2) is 65.7 Å². The molecule has 0 bridgehead atoms. The lowest BCUT2D eigenvalue weighted by Gasteiger charge is -2.18. The molecule has 3 rings (SSSR count). The second kappa shape index (κ2) is 12.6. The van der Waals surface area contributed by atoms with Crippen molar-refractivity contribution in [2.45, 2.75) is 26.4 Å². The largest absolute Gasteiger partial charge is 0.497 e. The summed E-state index contributed by atoms with van der Waals surface area (Å²) in [6, 6.07) is 16.7. The van der Waals surface area contributed by atoms with Gasteiger partial charge in [-0.05, 0) is 48.7 Å². The normalized spacial score (nSPS) is 13.5. The lowest BCUT2D eigenvalue weighted by molar-refractivity contribution is 0.145. The number of aliphatic imine (C=N–C) groups is 1. The molecule has 1 aliphatic rings. The Hall–Kier alpha value is -2.99. The van der Waals surface area contributed by atoms with Crippen molar-refractivity contribution in [2.75, 3.05) is 44.9 Å². The van der Waals surface area contributed by atoms with Crippen molar-refractivity contribution in [3.63, 3.8) is 0 Å². The van der Waals surface area contributed by atoms with Gasteiger partial charge < -0.3 is 25.0 Å². The third-order valence-corrected chi connectivity index (χ3v) is 5.09. The highest BCUT2D eigenvalue weighted by Gasteiger charge is 2.08. The number of rotatable bonds is 11. The van der Waals surface area contributed by atoms with Gasteiger partial charge in [-0.2, -0.15) is 0 Å². The summed E-state index contributed by atoms with van der Waals surface area (Å²) in [7, 11) is 1.68. The minimum atomic E-state index is 0.624. The monoisotopic (exact) mass is 422 g/mol. The Morgan fingerprint density at radius 1 is 1.03 bits per heavy atom. The van der Waals surface area contributed by atoms with Gasteiger partial charge in [-0.15, -0.1) is 0 Å². The van der Waals surface area contributed by atoms with Crippen LogP contribution in [0.1, 0.15) is 24.5 Å². The molecule has 0 saturated carbocycles. The first-order valence-electron chi connectivity index (χ1n) is 11.0. The molecule has 31 heavy (non-hydrogen) atoms. The molecular weight excluding hydrogens is 388 g/mol. The van der Waals surface area contributed by atoms with Crippen LogP contribution in [0, 0.1) is 0 Å². The standard InChI is InChI=1S/C25H34N4O2/c1-3-31-17-7-14-26-25(27-19-21-10-12-24(30-2)13-11-21)28-20-22-8-6-9-23(18-22)29-15-4-5-16-29/h4-6,8-13,18H,3,7,14-17,19-20H2,1-2H3,(H2,26,27,28). The minimum absolute atomic E-state index is 0.624. The number of hydrogen-bond donors (Lipinski definition) is 2. The summed E-state index contributed by atoms with van der Waals surface area (Å²) in [5, 5.41) is 6.87. The van der Waals surface area contributed by atoms with Crippen molar-refractivity contribution >= 4 is 11.6 Å². The summed E-state index contributed by atoms with van der Waals surface area (Å²) >= 11 is 0. The fourth-order valence-electron chi connectivity index (χ4n) is 3.34. The highest BCUT2D eigenvalue weighted by molar-refractivity contribution is 5.79. The first kappa shape index (κ1) is 22.7. The van der Waals surface area contributed by atoms with Gasteiger partial charge in [-0.25, -0.2) is 4.99 Å². The molecular formula is C25H34N4O2. The average Bonchev–Trinajstić information content (AvgIpc) is 3.36. The Kier molecular flexibility index (Phi) is 9.26. The van der Waals surface area contributed by atoms with Gasteiger partial charge in [-0.1, -0.05) is 36.4 Å². The summed E-state index contributed by atoms with van der Waals surface area (Å²) in [5.74, 6) is 1.67. The highest BCUT2D eigenvalue weighted by Crippen LogP contribution is 2.19. The Morgan fingerprint density at radius 2 is 1.84 bits per heavy atom. The van der Waals surface area contributed by atoms with Gasteiger partial charge >= 0.3 is 0 Å². The van der Waals surface area contributed by atoms with Crippen LogP contribution in [0.3, 0.4) is 0 Å². The topological polar surface area (TPSA) is 58.1 Å². The minimum Gasteiger partial charge on any atom is -0.497 e.